The third kappa shape index (κ3) is 2.92. The van der Waals surface area contributed by atoms with Crippen molar-refractivity contribution in [3.63, 3.8) is 0 Å². The number of halogens is 1. The number of rotatable bonds is 3. The summed E-state index contributed by atoms with van der Waals surface area (Å²) >= 11 is 0. The van der Waals surface area contributed by atoms with Crippen LogP contribution in [0.2, 0.25) is 0 Å². The fourth-order valence-corrected chi connectivity index (χ4v) is 1.09. The number of phenols is 1. The van der Waals surface area contributed by atoms with Crippen LogP contribution in [-0.4, -0.2) is 22.1 Å². The molecule has 1 amide bonds. The maximum atomic E-state index is 13.1. The standard InChI is InChI=1S/C10H7FN2O4/c11-6-4-8(14)7(3-5(6)10(16)17)13-9(15)1-2-12/h3-4,14H,1H2,(H,13,15)(H,16,17). The van der Waals surface area contributed by atoms with Gasteiger partial charge in [-0.05, 0) is 6.07 Å². The van der Waals surface area contributed by atoms with Gasteiger partial charge in [0.05, 0.1) is 17.3 Å². The van der Waals surface area contributed by atoms with Crippen LogP contribution in [0, 0.1) is 17.1 Å². The molecule has 88 valence electrons. The van der Waals surface area contributed by atoms with Crippen molar-refractivity contribution in [2.75, 3.05) is 5.32 Å². The molecule has 0 aliphatic rings. The molecule has 1 aromatic carbocycles. The number of hydrogen-bond donors (Lipinski definition) is 3. The second kappa shape index (κ2) is 4.94. The summed E-state index contributed by atoms with van der Waals surface area (Å²) in [7, 11) is 0. The predicted octanol–water partition coefficient (Wildman–Crippen LogP) is 1.08. The second-order valence-electron chi connectivity index (χ2n) is 3.04. The SMILES string of the molecule is N#CCC(=O)Nc1cc(C(=O)O)c(F)cc1O. The fourth-order valence-electron chi connectivity index (χ4n) is 1.09. The average molecular weight is 238 g/mol. The first kappa shape index (κ1) is 12.4. The summed E-state index contributed by atoms with van der Waals surface area (Å²) in [6.07, 6.45) is -0.459. The largest absolute Gasteiger partial charge is 0.506 e. The molecule has 0 fully saturated rings. The molecule has 1 rings (SSSR count). The van der Waals surface area contributed by atoms with Crippen LogP contribution >= 0.6 is 0 Å². The van der Waals surface area contributed by atoms with E-state index in [9.17, 15) is 19.1 Å². The lowest BCUT2D eigenvalue weighted by molar-refractivity contribution is -0.115. The Morgan fingerprint density at radius 3 is 2.65 bits per heavy atom. The first-order valence-corrected chi connectivity index (χ1v) is 4.38. The Hall–Kier alpha value is -2.62. The topological polar surface area (TPSA) is 110 Å². The highest BCUT2D eigenvalue weighted by atomic mass is 19.1. The zero-order valence-corrected chi connectivity index (χ0v) is 8.40. The van der Waals surface area contributed by atoms with Crippen molar-refractivity contribution in [1.29, 1.82) is 5.26 Å². The van der Waals surface area contributed by atoms with Gasteiger partial charge in [-0.3, -0.25) is 4.79 Å². The lowest BCUT2D eigenvalue weighted by Crippen LogP contribution is -2.11. The summed E-state index contributed by atoms with van der Waals surface area (Å²) in [6, 6.07) is 2.93. The third-order valence-electron chi connectivity index (χ3n) is 1.83. The number of nitrogens with one attached hydrogen (secondary N) is 1. The average Bonchev–Trinajstić information content (AvgIpc) is 2.21. The Morgan fingerprint density at radius 1 is 1.47 bits per heavy atom. The molecular formula is C10H7FN2O4. The Balaban J connectivity index is 3.09. The minimum atomic E-state index is -1.53. The normalized spacial score (nSPS) is 9.41. The molecule has 0 saturated heterocycles. The van der Waals surface area contributed by atoms with Crippen LogP contribution in [0.1, 0.15) is 16.8 Å². The smallest absolute Gasteiger partial charge is 0.338 e. The van der Waals surface area contributed by atoms with Crippen LogP contribution in [0.5, 0.6) is 5.75 Å². The number of phenolic OH excluding ortho intramolecular Hbond substituents is 1. The van der Waals surface area contributed by atoms with Crippen molar-refractivity contribution in [2.45, 2.75) is 6.42 Å². The number of aromatic hydroxyl groups is 1. The Morgan fingerprint density at radius 2 is 2.12 bits per heavy atom. The van der Waals surface area contributed by atoms with Gasteiger partial charge in [-0.2, -0.15) is 5.26 Å². The number of nitriles is 1. The first-order valence-electron chi connectivity index (χ1n) is 4.38. The Bertz CT molecular complexity index is 522. The molecule has 0 aliphatic carbocycles. The molecule has 0 heterocycles. The molecule has 0 bridgehead atoms. The van der Waals surface area contributed by atoms with E-state index in [1.807, 2.05) is 0 Å². The summed E-state index contributed by atoms with van der Waals surface area (Å²) in [5.41, 5.74) is -0.945. The molecule has 0 saturated carbocycles. The third-order valence-corrected chi connectivity index (χ3v) is 1.83. The Kier molecular flexibility index (Phi) is 3.62. The number of carboxylic acid groups (broad SMARTS) is 1. The van der Waals surface area contributed by atoms with Gasteiger partial charge in [-0.15, -0.1) is 0 Å². The molecule has 0 aliphatic heterocycles. The van der Waals surface area contributed by atoms with Gasteiger partial charge in [0.25, 0.3) is 0 Å². The van der Waals surface area contributed by atoms with Crippen LogP contribution < -0.4 is 5.32 Å². The van der Waals surface area contributed by atoms with E-state index < -0.39 is 35.4 Å². The van der Waals surface area contributed by atoms with E-state index in [0.717, 1.165) is 6.07 Å². The highest BCUT2D eigenvalue weighted by Crippen LogP contribution is 2.26. The number of carbonyl (C=O) groups is 2. The molecule has 3 N–H and O–H groups in total. The number of benzene rings is 1. The van der Waals surface area contributed by atoms with E-state index in [1.54, 1.807) is 6.07 Å². The van der Waals surface area contributed by atoms with Crippen LogP contribution in [0.25, 0.3) is 0 Å². The number of aromatic carboxylic acids is 1. The number of nitrogens with zero attached hydrogens (tertiary/aromatic N) is 1. The van der Waals surface area contributed by atoms with Crippen molar-refractivity contribution in [3.05, 3.63) is 23.5 Å². The summed E-state index contributed by atoms with van der Waals surface area (Å²) in [6.45, 7) is 0. The Labute approximate surface area is 94.9 Å². The molecule has 0 aromatic heterocycles. The molecular weight excluding hydrogens is 231 g/mol. The maximum Gasteiger partial charge on any atom is 0.338 e. The molecule has 0 atom stereocenters. The number of anilines is 1. The van der Waals surface area contributed by atoms with E-state index in [4.69, 9.17) is 10.4 Å². The minimum absolute atomic E-state index is 0.260. The van der Waals surface area contributed by atoms with E-state index in [2.05, 4.69) is 5.32 Å². The van der Waals surface area contributed by atoms with Gasteiger partial charge >= 0.3 is 5.97 Å². The van der Waals surface area contributed by atoms with Gasteiger partial charge < -0.3 is 15.5 Å². The first-order chi connectivity index (χ1) is 7.95. The number of carbonyl (C=O) groups excluding carboxylic acids is 1. The van der Waals surface area contributed by atoms with Crippen LogP contribution in [0.4, 0.5) is 10.1 Å². The lowest BCUT2D eigenvalue weighted by Gasteiger charge is -2.07. The fraction of sp³-hybridized carbons (Fsp3) is 0.100. The van der Waals surface area contributed by atoms with Crippen LogP contribution in [-0.2, 0) is 4.79 Å². The summed E-state index contributed by atoms with van der Waals surface area (Å²) < 4.78 is 13.1. The highest BCUT2D eigenvalue weighted by Gasteiger charge is 2.15. The summed E-state index contributed by atoms with van der Waals surface area (Å²) in [4.78, 5) is 21.7. The zero-order valence-electron chi connectivity index (χ0n) is 8.40. The molecule has 17 heavy (non-hydrogen) atoms. The number of amides is 1. The van der Waals surface area contributed by atoms with Gasteiger partial charge in [0, 0.05) is 6.07 Å². The van der Waals surface area contributed by atoms with E-state index in [1.165, 1.54) is 0 Å². The second-order valence-corrected chi connectivity index (χ2v) is 3.04. The van der Waals surface area contributed by atoms with Gasteiger partial charge in [0.15, 0.2) is 0 Å². The summed E-state index contributed by atoms with van der Waals surface area (Å²) in [5, 5.41) is 28.3. The van der Waals surface area contributed by atoms with Crippen molar-refractivity contribution in [3.8, 4) is 11.8 Å². The quantitative estimate of drug-likeness (QED) is 0.682. The monoisotopic (exact) mass is 238 g/mol. The molecule has 1 aromatic rings. The molecule has 0 spiro atoms. The van der Waals surface area contributed by atoms with E-state index in [-0.39, 0.29) is 5.69 Å². The number of carboxylic acids is 1. The van der Waals surface area contributed by atoms with Gasteiger partial charge in [-0.1, -0.05) is 0 Å². The van der Waals surface area contributed by atoms with Crippen molar-refractivity contribution in [2.24, 2.45) is 0 Å². The van der Waals surface area contributed by atoms with E-state index >= 15 is 0 Å². The lowest BCUT2D eigenvalue weighted by atomic mass is 10.1. The highest BCUT2D eigenvalue weighted by molar-refractivity contribution is 5.96. The predicted molar refractivity (Wildman–Crippen MR) is 53.9 cm³/mol. The molecule has 0 unspecified atom stereocenters. The van der Waals surface area contributed by atoms with E-state index in [0.29, 0.717) is 6.07 Å². The number of hydrogen-bond acceptors (Lipinski definition) is 4. The zero-order chi connectivity index (χ0) is 13.0. The maximum absolute atomic E-state index is 13.1. The summed E-state index contributed by atoms with van der Waals surface area (Å²) in [5.74, 6) is -3.99. The van der Waals surface area contributed by atoms with Crippen molar-refractivity contribution < 1.29 is 24.2 Å². The van der Waals surface area contributed by atoms with Crippen LogP contribution in [0.3, 0.4) is 0 Å². The van der Waals surface area contributed by atoms with Crippen molar-refractivity contribution >= 4 is 17.6 Å². The van der Waals surface area contributed by atoms with Crippen LogP contribution in [0.15, 0.2) is 12.1 Å². The molecule has 0 radical (unpaired) electrons. The van der Waals surface area contributed by atoms with Gasteiger partial charge in [0.1, 0.15) is 18.0 Å². The van der Waals surface area contributed by atoms with Gasteiger partial charge in [0.2, 0.25) is 5.91 Å². The molecule has 6 nitrogen and oxygen atoms in total. The van der Waals surface area contributed by atoms with Crippen molar-refractivity contribution in [1.82, 2.24) is 0 Å². The molecule has 7 heteroatoms. The van der Waals surface area contributed by atoms with Gasteiger partial charge in [-0.25, -0.2) is 9.18 Å². The minimum Gasteiger partial charge on any atom is -0.506 e.